The summed E-state index contributed by atoms with van der Waals surface area (Å²) >= 11 is 7.60. The van der Waals surface area contributed by atoms with Crippen molar-refractivity contribution in [3.8, 4) is 11.5 Å². The third-order valence-electron chi connectivity index (χ3n) is 5.35. The molecular formula is C19H26Cl2N4O4S2. The third kappa shape index (κ3) is 5.04. The summed E-state index contributed by atoms with van der Waals surface area (Å²) in [7, 11) is -0.405. The van der Waals surface area contributed by atoms with Gasteiger partial charge in [-0.2, -0.15) is 0 Å². The second-order valence-electron chi connectivity index (χ2n) is 7.20. The fraction of sp³-hybridized carbons (Fsp3) is 0.474. The number of nitrogens with zero attached hydrogens (tertiary/aromatic N) is 2. The summed E-state index contributed by atoms with van der Waals surface area (Å²) in [4.78, 5) is 3.96. The van der Waals surface area contributed by atoms with Crippen LogP contribution >= 0.6 is 35.8 Å². The quantitative estimate of drug-likeness (QED) is 0.409. The number of sulfonamides is 1. The first kappa shape index (κ1) is 24.3. The first-order valence-electron chi connectivity index (χ1n) is 9.65. The van der Waals surface area contributed by atoms with Crippen molar-refractivity contribution in [3.63, 3.8) is 0 Å². The molecule has 0 bridgehead atoms. The van der Waals surface area contributed by atoms with E-state index in [1.165, 1.54) is 22.9 Å². The van der Waals surface area contributed by atoms with Crippen LogP contribution in [0.15, 0.2) is 33.9 Å². The van der Waals surface area contributed by atoms with Gasteiger partial charge in [0, 0.05) is 25.8 Å². The van der Waals surface area contributed by atoms with E-state index in [1.807, 2.05) is 17.5 Å². The Morgan fingerprint density at radius 2 is 1.97 bits per heavy atom. The summed E-state index contributed by atoms with van der Waals surface area (Å²) in [5.74, 6) is 1.48. The van der Waals surface area contributed by atoms with Crippen molar-refractivity contribution in [2.75, 3.05) is 33.9 Å². The largest absolute Gasteiger partial charge is 0.493 e. The van der Waals surface area contributed by atoms with Gasteiger partial charge in [0.15, 0.2) is 22.0 Å². The minimum Gasteiger partial charge on any atom is -0.493 e. The molecule has 3 aliphatic heterocycles. The van der Waals surface area contributed by atoms with E-state index < -0.39 is 10.0 Å². The molecule has 2 N–H and O–H groups in total. The van der Waals surface area contributed by atoms with Crippen molar-refractivity contribution in [2.45, 2.75) is 24.9 Å². The van der Waals surface area contributed by atoms with Crippen LogP contribution in [-0.4, -0.2) is 57.6 Å². The Balaban J connectivity index is 0.00000272. The maximum absolute atomic E-state index is 12.7. The molecular weight excluding hydrogens is 483 g/mol. The van der Waals surface area contributed by atoms with Crippen LogP contribution in [0.1, 0.15) is 17.5 Å². The van der Waals surface area contributed by atoms with Gasteiger partial charge in [-0.25, -0.2) is 13.1 Å². The minimum atomic E-state index is -3.68. The molecule has 0 saturated carbocycles. The molecule has 12 heteroatoms. The van der Waals surface area contributed by atoms with Gasteiger partial charge < -0.3 is 19.7 Å². The Labute approximate surface area is 198 Å². The van der Waals surface area contributed by atoms with Gasteiger partial charge in [-0.3, -0.25) is 4.90 Å². The number of thioether (sulfide) groups is 1. The molecule has 3 aliphatic rings. The molecule has 1 aromatic rings. The van der Waals surface area contributed by atoms with Crippen LogP contribution in [-0.2, 0) is 23.0 Å². The molecule has 0 radical (unpaired) electrons. The summed E-state index contributed by atoms with van der Waals surface area (Å²) in [6, 6.07) is 4.08. The lowest BCUT2D eigenvalue weighted by molar-refractivity contribution is 0.250. The van der Waals surface area contributed by atoms with Crippen LogP contribution in [0.3, 0.4) is 0 Å². The van der Waals surface area contributed by atoms with Crippen LogP contribution < -0.4 is 19.5 Å². The highest BCUT2D eigenvalue weighted by molar-refractivity contribution is 8.03. The summed E-state index contributed by atoms with van der Waals surface area (Å²) in [5.41, 5.74) is 2.30. The lowest BCUT2D eigenvalue weighted by Gasteiger charge is -2.29. The van der Waals surface area contributed by atoms with Gasteiger partial charge in [-0.1, -0.05) is 23.4 Å². The SMILES string of the molecule is COc1cc2c(cc1OC)CN(CCCNS(=O)(=O)C1=C(Cl)NC3SC=CN13)CC2.Cl. The Hall–Kier alpha value is -1.30. The van der Waals surface area contributed by atoms with Gasteiger partial charge in [0.2, 0.25) is 0 Å². The van der Waals surface area contributed by atoms with Crippen LogP contribution in [0.4, 0.5) is 0 Å². The molecule has 3 heterocycles. The average Bonchev–Trinajstić information content (AvgIpc) is 3.29. The third-order valence-corrected chi connectivity index (χ3v) is 8.14. The van der Waals surface area contributed by atoms with E-state index in [0.717, 1.165) is 37.6 Å². The van der Waals surface area contributed by atoms with Crippen LogP contribution in [0.25, 0.3) is 0 Å². The zero-order valence-electron chi connectivity index (χ0n) is 17.3. The van der Waals surface area contributed by atoms with E-state index in [1.54, 1.807) is 25.3 Å². The minimum absolute atomic E-state index is 0. The number of nitrogens with one attached hydrogen (secondary N) is 2. The maximum Gasteiger partial charge on any atom is 0.259 e. The predicted molar refractivity (Wildman–Crippen MR) is 126 cm³/mol. The molecule has 1 atom stereocenters. The molecule has 8 nitrogen and oxygen atoms in total. The Kier molecular flexibility index (Phi) is 7.93. The van der Waals surface area contributed by atoms with Gasteiger partial charge in [0.25, 0.3) is 10.0 Å². The highest BCUT2D eigenvalue weighted by Gasteiger charge is 2.39. The topological polar surface area (TPSA) is 83.1 Å². The van der Waals surface area contributed by atoms with Crippen molar-refractivity contribution in [2.24, 2.45) is 0 Å². The molecule has 0 aromatic heterocycles. The number of hydrogen-bond acceptors (Lipinski definition) is 8. The van der Waals surface area contributed by atoms with E-state index in [0.29, 0.717) is 13.0 Å². The van der Waals surface area contributed by atoms with E-state index in [2.05, 4.69) is 14.9 Å². The van der Waals surface area contributed by atoms with Crippen molar-refractivity contribution in [1.82, 2.24) is 19.8 Å². The van der Waals surface area contributed by atoms with Gasteiger partial charge in [-0.05, 0) is 48.1 Å². The zero-order valence-corrected chi connectivity index (χ0v) is 20.5. The summed E-state index contributed by atoms with van der Waals surface area (Å²) < 4.78 is 38.9. The Bertz CT molecular complexity index is 987. The molecule has 172 valence electrons. The number of halogens is 2. The van der Waals surface area contributed by atoms with Gasteiger partial charge in [0.1, 0.15) is 5.16 Å². The number of fused-ring (bicyclic) bond motifs is 2. The van der Waals surface area contributed by atoms with E-state index in [-0.39, 0.29) is 28.1 Å². The number of rotatable bonds is 8. The summed E-state index contributed by atoms with van der Waals surface area (Å²) in [6.07, 6.45) is 3.35. The van der Waals surface area contributed by atoms with Crippen LogP contribution in [0.2, 0.25) is 0 Å². The van der Waals surface area contributed by atoms with Gasteiger partial charge in [0.05, 0.1) is 14.2 Å². The number of ether oxygens (including phenoxy) is 2. The maximum atomic E-state index is 12.7. The Morgan fingerprint density at radius 1 is 1.26 bits per heavy atom. The van der Waals surface area contributed by atoms with Crippen LogP contribution in [0, 0.1) is 0 Å². The molecule has 31 heavy (non-hydrogen) atoms. The van der Waals surface area contributed by atoms with E-state index in [9.17, 15) is 8.42 Å². The monoisotopic (exact) mass is 508 g/mol. The molecule has 0 spiro atoms. The van der Waals surface area contributed by atoms with Gasteiger partial charge >= 0.3 is 0 Å². The van der Waals surface area contributed by atoms with Crippen LogP contribution in [0.5, 0.6) is 11.5 Å². The summed E-state index contributed by atoms with van der Waals surface area (Å²) in [6.45, 7) is 2.87. The molecule has 4 rings (SSSR count). The predicted octanol–water partition coefficient (Wildman–Crippen LogP) is 2.57. The van der Waals surface area contributed by atoms with Crippen molar-refractivity contribution in [3.05, 3.63) is 45.1 Å². The fourth-order valence-electron chi connectivity index (χ4n) is 3.85. The molecule has 0 fully saturated rings. The van der Waals surface area contributed by atoms with E-state index >= 15 is 0 Å². The molecule has 1 unspecified atom stereocenters. The Morgan fingerprint density at radius 3 is 2.68 bits per heavy atom. The molecule has 0 amide bonds. The van der Waals surface area contributed by atoms with Gasteiger partial charge in [-0.15, -0.1) is 12.4 Å². The second kappa shape index (κ2) is 10.1. The number of benzene rings is 1. The highest BCUT2D eigenvalue weighted by Crippen LogP contribution is 2.37. The first-order valence-corrected chi connectivity index (χ1v) is 12.5. The lowest BCUT2D eigenvalue weighted by atomic mass is 9.98. The molecule has 1 aromatic carbocycles. The summed E-state index contributed by atoms with van der Waals surface area (Å²) in [5, 5.41) is 5.05. The first-order chi connectivity index (χ1) is 14.4. The highest BCUT2D eigenvalue weighted by atomic mass is 35.5. The van der Waals surface area contributed by atoms with Crippen molar-refractivity contribution < 1.29 is 17.9 Å². The standard InChI is InChI=1S/C19H25ClN4O4S2.ClH/c1-27-15-10-13-4-7-23(12-14(13)11-16(15)28-2)6-3-5-21-30(25,26)18-17(20)22-19-24(18)8-9-29-19;/h8-11,19,21-22H,3-7,12H2,1-2H3;1H. The van der Waals surface area contributed by atoms with E-state index in [4.69, 9.17) is 21.1 Å². The smallest absolute Gasteiger partial charge is 0.259 e. The number of hydrogen-bond donors (Lipinski definition) is 2. The van der Waals surface area contributed by atoms with Crippen molar-refractivity contribution in [1.29, 1.82) is 0 Å². The zero-order chi connectivity index (χ0) is 21.3. The average molecular weight is 509 g/mol. The second-order valence-corrected chi connectivity index (χ2v) is 10.2. The van der Waals surface area contributed by atoms with Crippen molar-refractivity contribution >= 4 is 45.8 Å². The lowest BCUT2D eigenvalue weighted by Crippen LogP contribution is -2.36. The fourth-order valence-corrected chi connectivity index (χ4v) is 6.62. The number of methoxy groups -OCH3 is 2. The molecule has 0 aliphatic carbocycles. The molecule has 0 saturated heterocycles. The normalized spacial score (nSPS) is 20.2.